The van der Waals surface area contributed by atoms with Crippen molar-refractivity contribution in [2.75, 3.05) is 0 Å². The third kappa shape index (κ3) is 1.88. The third-order valence-electron chi connectivity index (χ3n) is 4.50. The van der Waals surface area contributed by atoms with E-state index in [1.54, 1.807) is 11.3 Å². The molecule has 4 unspecified atom stereocenters. The molecule has 2 N–H and O–H groups in total. The Morgan fingerprint density at radius 2 is 2.16 bits per heavy atom. The second kappa shape index (κ2) is 4.40. The molecule has 2 fully saturated rings. The highest BCUT2D eigenvalue weighted by molar-refractivity contribution is 9.11. The Balaban J connectivity index is 1.65. The molecular weight excluding hydrogens is 326 g/mol. The van der Waals surface area contributed by atoms with E-state index in [1.165, 1.54) is 19.3 Å². The van der Waals surface area contributed by atoms with Crippen LogP contribution in [0.3, 0.4) is 0 Å². The zero-order chi connectivity index (χ0) is 13.0. The molecule has 0 aromatic carbocycles. The first-order valence-electron chi connectivity index (χ1n) is 6.57. The van der Waals surface area contributed by atoms with E-state index in [-0.39, 0.29) is 12.0 Å². The molecule has 0 spiro atoms. The van der Waals surface area contributed by atoms with Crippen LogP contribution in [0.2, 0.25) is 0 Å². The van der Waals surface area contributed by atoms with Crippen LogP contribution in [0.15, 0.2) is 20.4 Å². The van der Waals surface area contributed by atoms with Gasteiger partial charge in [-0.05, 0) is 59.2 Å². The summed E-state index contributed by atoms with van der Waals surface area (Å²) in [7, 11) is 0. The molecule has 100 valence electrons. The van der Waals surface area contributed by atoms with Gasteiger partial charge >= 0.3 is 0 Å². The van der Waals surface area contributed by atoms with Gasteiger partial charge in [0.25, 0.3) is 0 Å². The monoisotopic (exact) mass is 339 g/mol. The van der Waals surface area contributed by atoms with Gasteiger partial charge in [0.2, 0.25) is 11.7 Å². The summed E-state index contributed by atoms with van der Waals surface area (Å²) in [6, 6.07) is 4.20. The molecule has 0 amide bonds. The highest BCUT2D eigenvalue weighted by Crippen LogP contribution is 2.51. The van der Waals surface area contributed by atoms with Crippen molar-refractivity contribution in [3.05, 3.63) is 21.8 Å². The normalized spacial score (nSPS) is 33.2. The van der Waals surface area contributed by atoms with Gasteiger partial charge in [0.05, 0.1) is 14.6 Å². The number of nitrogens with zero attached hydrogens (tertiary/aromatic N) is 2. The average Bonchev–Trinajstić information content (AvgIpc) is 3.10. The van der Waals surface area contributed by atoms with E-state index in [2.05, 4.69) is 26.1 Å². The van der Waals surface area contributed by atoms with Crippen molar-refractivity contribution in [1.29, 1.82) is 0 Å². The SMILES string of the molecule is NC1C2CCC(C2)C1c1nc(-c2ccc(Br)s2)no1. The second-order valence-electron chi connectivity index (χ2n) is 5.50. The van der Waals surface area contributed by atoms with E-state index in [9.17, 15) is 0 Å². The van der Waals surface area contributed by atoms with Crippen LogP contribution in [0.1, 0.15) is 31.1 Å². The molecule has 0 radical (unpaired) electrons. The molecule has 2 aliphatic rings. The Labute approximate surface area is 123 Å². The number of nitrogens with two attached hydrogens (primary N) is 1. The number of fused-ring (bicyclic) bond motifs is 2. The van der Waals surface area contributed by atoms with E-state index in [0.29, 0.717) is 17.7 Å². The molecule has 6 heteroatoms. The van der Waals surface area contributed by atoms with Crippen LogP contribution in [-0.2, 0) is 0 Å². The highest BCUT2D eigenvalue weighted by atomic mass is 79.9. The van der Waals surface area contributed by atoms with Crippen LogP contribution in [0.25, 0.3) is 10.7 Å². The number of rotatable bonds is 2. The minimum atomic E-state index is 0.196. The maximum Gasteiger partial charge on any atom is 0.231 e. The Hall–Kier alpha value is -0.720. The Morgan fingerprint density at radius 3 is 2.84 bits per heavy atom. The zero-order valence-electron chi connectivity index (χ0n) is 10.3. The number of thiophene rings is 1. The molecule has 0 saturated heterocycles. The van der Waals surface area contributed by atoms with Gasteiger partial charge in [0, 0.05) is 6.04 Å². The summed E-state index contributed by atoms with van der Waals surface area (Å²) in [5.74, 6) is 2.98. The molecule has 4 rings (SSSR count). The summed E-state index contributed by atoms with van der Waals surface area (Å²) in [6.45, 7) is 0. The van der Waals surface area contributed by atoms with Gasteiger partial charge in [-0.15, -0.1) is 11.3 Å². The van der Waals surface area contributed by atoms with Crippen LogP contribution in [0, 0.1) is 11.8 Å². The molecule has 2 aromatic heterocycles. The van der Waals surface area contributed by atoms with Crippen molar-refractivity contribution in [3.63, 3.8) is 0 Å². The fourth-order valence-electron chi connectivity index (χ4n) is 3.61. The summed E-state index contributed by atoms with van der Waals surface area (Å²) in [5, 5.41) is 4.11. The van der Waals surface area contributed by atoms with Gasteiger partial charge in [0.1, 0.15) is 0 Å². The maximum atomic E-state index is 6.32. The lowest BCUT2D eigenvalue weighted by Gasteiger charge is -2.24. The molecule has 4 atom stereocenters. The molecule has 2 aromatic rings. The van der Waals surface area contributed by atoms with E-state index in [4.69, 9.17) is 10.3 Å². The average molecular weight is 340 g/mol. The number of hydrogen-bond acceptors (Lipinski definition) is 5. The molecule has 2 saturated carbocycles. The van der Waals surface area contributed by atoms with Gasteiger partial charge in [-0.3, -0.25) is 0 Å². The molecular formula is C13H14BrN3OS. The van der Waals surface area contributed by atoms with Crippen LogP contribution in [0.5, 0.6) is 0 Å². The highest BCUT2D eigenvalue weighted by Gasteiger charge is 2.48. The summed E-state index contributed by atoms with van der Waals surface area (Å²) < 4.78 is 6.56. The molecule has 19 heavy (non-hydrogen) atoms. The first-order valence-corrected chi connectivity index (χ1v) is 8.18. The lowest BCUT2D eigenvalue weighted by Crippen LogP contribution is -2.34. The quantitative estimate of drug-likeness (QED) is 0.910. The topological polar surface area (TPSA) is 64.9 Å². The van der Waals surface area contributed by atoms with E-state index >= 15 is 0 Å². The third-order valence-corrected chi connectivity index (χ3v) is 6.12. The first kappa shape index (κ1) is 12.1. The fourth-order valence-corrected chi connectivity index (χ4v) is 4.92. The van der Waals surface area contributed by atoms with Crippen molar-refractivity contribution >= 4 is 27.3 Å². The van der Waals surface area contributed by atoms with Gasteiger partial charge < -0.3 is 10.3 Å². The van der Waals surface area contributed by atoms with E-state index < -0.39 is 0 Å². The second-order valence-corrected chi connectivity index (χ2v) is 7.96. The fraction of sp³-hybridized carbons (Fsp3) is 0.538. The van der Waals surface area contributed by atoms with Gasteiger partial charge in [0.15, 0.2) is 0 Å². The molecule has 2 bridgehead atoms. The van der Waals surface area contributed by atoms with Crippen LogP contribution in [0.4, 0.5) is 0 Å². The van der Waals surface area contributed by atoms with Crippen molar-refractivity contribution in [1.82, 2.24) is 10.1 Å². The van der Waals surface area contributed by atoms with Gasteiger partial charge in [-0.2, -0.15) is 4.98 Å². The first-order chi connectivity index (χ1) is 9.22. The molecule has 2 heterocycles. The summed E-state index contributed by atoms with van der Waals surface area (Å²) >= 11 is 5.06. The molecule has 2 aliphatic carbocycles. The number of halogens is 1. The van der Waals surface area contributed by atoms with E-state index in [1.807, 2.05) is 12.1 Å². The predicted octanol–water partition coefficient (Wildman–Crippen LogP) is 3.40. The standard InChI is InChI=1S/C13H14BrN3OS/c14-9-4-3-8(19-9)12-16-13(18-17-12)10-6-1-2-7(5-6)11(10)15/h3-4,6-7,10-11H,1-2,5,15H2. The minimum Gasteiger partial charge on any atom is -0.339 e. The largest absolute Gasteiger partial charge is 0.339 e. The Kier molecular flexibility index (Phi) is 2.79. The lowest BCUT2D eigenvalue weighted by molar-refractivity contribution is 0.279. The number of hydrogen-bond donors (Lipinski definition) is 1. The van der Waals surface area contributed by atoms with Gasteiger partial charge in [-0.25, -0.2) is 0 Å². The lowest BCUT2D eigenvalue weighted by atomic mass is 9.85. The molecule has 4 nitrogen and oxygen atoms in total. The summed E-state index contributed by atoms with van der Waals surface area (Å²) in [6.07, 6.45) is 3.75. The minimum absolute atomic E-state index is 0.196. The number of aromatic nitrogens is 2. The van der Waals surface area contributed by atoms with Crippen molar-refractivity contribution in [3.8, 4) is 10.7 Å². The zero-order valence-corrected chi connectivity index (χ0v) is 12.7. The smallest absolute Gasteiger partial charge is 0.231 e. The van der Waals surface area contributed by atoms with Crippen LogP contribution < -0.4 is 5.73 Å². The summed E-state index contributed by atoms with van der Waals surface area (Å²) in [4.78, 5) is 5.60. The van der Waals surface area contributed by atoms with Crippen molar-refractivity contribution < 1.29 is 4.52 Å². The maximum absolute atomic E-state index is 6.32. The van der Waals surface area contributed by atoms with E-state index in [0.717, 1.165) is 14.6 Å². The van der Waals surface area contributed by atoms with Crippen molar-refractivity contribution in [2.45, 2.75) is 31.2 Å². The summed E-state index contributed by atoms with van der Waals surface area (Å²) in [5.41, 5.74) is 6.32. The Bertz CT molecular complexity index is 609. The van der Waals surface area contributed by atoms with Crippen molar-refractivity contribution in [2.24, 2.45) is 17.6 Å². The van der Waals surface area contributed by atoms with Crippen LogP contribution >= 0.6 is 27.3 Å². The predicted molar refractivity (Wildman–Crippen MR) is 76.9 cm³/mol. The van der Waals surface area contributed by atoms with Crippen LogP contribution in [-0.4, -0.2) is 16.2 Å². The molecule has 0 aliphatic heterocycles. The Morgan fingerprint density at radius 1 is 1.32 bits per heavy atom. The van der Waals surface area contributed by atoms with Gasteiger partial charge in [-0.1, -0.05) is 5.16 Å².